The lowest BCUT2D eigenvalue weighted by Gasteiger charge is -2.61. The molecule has 1 aliphatic carbocycles. The van der Waals surface area contributed by atoms with Gasteiger partial charge >= 0.3 is 0 Å². The van der Waals surface area contributed by atoms with Gasteiger partial charge in [0.2, 0.25) is 0 Å². The zero-order chi connectivity index (χ0) is 19.9. The van der Waals surface area contributed by atoms with Crippen molar-refractivity contribution in [2.24, 2.45) is 5.41 Å². The third-order valence-electron chi connectivity index (χ3n) is 7.61. The van der Waals surface area contributed by atoms with Gasteiger partial charge in [0.05, 0.1) is 12.7 Å². The largest absolute Gasteiger partial charge is 0.508 e. The third-order valence-corrected chi connectivity index (χ3v) is 7.61. The van der Waals surface area contributed by atoms with E-state index < -0.39 is 0 Å². The van der Waals surface area contributed by atoms with E-state index in [9.17, 15) is 5.11 Å². The van der Waals surface area contributed by atoms with E-state index in [1.54, 1.807) is 0 Å². The minimum atomic E-state index is 0.0919. The van der Waals surface area contributed by atoms with E-state index in [-0.39, 0.29) is 16.9 Å². The molecule has 1 unspecified atom stereocenters. The molecule has 4 rings (SSSR count). The van der Waals surface area contributed by atoms with E-state index in [4.69, 9.17) is 4.74 Å². The lowest BCUT2D eigenvalue weighted by Crippen LogP contribution is -2.64. The van der Waals surface area contributed by atoms with Crippen LogP contribution in [0.15, 0.2) is 48.5 Å². The fraction of sp³-hybridized carbons (Fsp3) is 0.520. The van der Waals surface area contributed by atoms with Crippen molar-refractivity contribution in [3.63, 3.8) is 0 Å². The maximum absolute atomic E-state index is 10.5. The number of piperidine rings is 1. The van der Waals surface area contributed by atoms with Gasteiger partial charge in [-0.25, -0.2) is 0 Å². The lowest BCUT2D eigenvalue weighted by atomic mass is 9.51. The number of hydrogen-bond donors (Lipinski definition) is 1. The van der Waals surface area contributed by atoms with Gasteiger partial charge in [0, 0.05) is 18.0 Å². The van der Waals surface area contributed by atoms with Crippen LogP contribution in [-0.2, 0) is 23.2 Å². The fourth-order valence-electron chi connectivity index (χ4n) is 5.45. The molecule has 2 bridgehead atoms. The number of hydrogen-bond acceptors (Lipinski definition) is 3. The molecule has 1 heterocycles. The minimum absolute atomic E-state index is 0.0919. The summed E-state index contributed by atoms with van der Waals surface area (Å²) in [5.74, 6) is 0.458. The van der Waals surface area contributed by atoms with Crippen LogP contribution in [0.5, 0.6) is 5.75 Å². The second-order valence-electron chi connectivity index (χ2n) is 9.43. The molecule has 0 spiro atoms. The van der Waals surface area contributed by atoms with Gasteiger partial charge in [-0.2, -0.15) is 0 Å². The molecule has 3 atom stereocenters. The number of phenols is 1. The Bertz CT molecular complexity index is 832. The summed E-state index contributed by atoms with van der Waals surface area (Å²) < 4.78 is 6.16. The Labute approximate surface area is 169 Å². The average molecular weight is 380 g/mol. The summed E-state index contributed by atoms with van der Waals surface area (Å²) in [6.45, 7) is 12.1. The van der Waals surface area contributed by atoms with E-state index in [1.165, 1.54) is 11.1 Å². The molecule has 3 heteroatoms. The molecule has 28 heavy (non-hydrogen) atoms. The number of fused-ring (bicyclic) bond motifs is 4. The van der Waals surface area contributed by atoms with E-state index in [1.807, 2.05) is 18.2 Å². The first kappa shape index (κ1) is 19.5. The molecule has 1 N–H and O–H groups in total. The summed E-state index contributed by atoms with van der Waals surface area (Å²) in [6, 6.07) is 16.9. The van der Waals surface area contributed by atoms with Gasteiger partial charge in [0.1, 0.15) is 5.75 Å². The Morgan fingerprint density at radius 3 is 2.61 bits per heavy atom. The molecule has 2 aromatic rings. The van der Waals surface area contributed by atoms with Crippen molar-refractivity contribution in [1.29, 1.82) is 0 Å². The molecular weight excluding hydrogens is 346 g/mol. The van der Waals surface area contributed by atoms with Gasteiger partial charge in [-0.15, -0.1) is 0 Å². The monoisotopic (exact) mass is 379 g/mol. The second-order valence-corrected chi connectivity index (χ2v) is 9.43. The topological polar surface area (TPSA) is 32.7 Å². The average Bonchev–Trinajstić information content (AvgIpc) is 2.67. The van der Waals surface area contributed by atoms with Crippen LogP contribution in [0.3, 0.4) is 0 Å². The second kappa shape index (κ2) is 7.20. The van der Waals surface area contributed by atoms with Crippen molar-refractivity contribution >= 4 is 0 Å². The summed E-state index contributed by atoms with van der Waals surface area (Å²) >= 11 is 0. The van der Waals surface area contributed by atoms with Crippen molar-refractivity contribution in [1.82, 2.24) is 4.90 Å². The molecule has 2 aliphatic rings. The zero-order valence-electron chi connectivity index (χ0n) is 17.6. The van der Waals surface area contributed by atoms with Crippen LogP contribution in [-0.4, -0.2) is 35.2 Å². The van der Waals surface area contributed by atoms with Crippen molar-refractivity contribution < 1.29 is 9.84 Å². The molecule has 0 radical (unpaired) electrons. The van der Waals surface area contributed by atoms with Gasteiger partial charge in [0.15, 0.2) is 0 Å². The van der Waals surface area contributed by atoms with Gasteiger partial charge < -0.3 is 9.84 Å². The Kier molecular flexibility index (Phi) is 5.01. The Balaban J connectivity index is 1.51. The quantitative estimate of drug-likeness (QED) is 0.801. The SMILES string of the molecule is C[C@@H](CN1CC[C@@]2(C)c3cccc(O)c3CC1C2(C)C)OCc1ccccc1. The van der Waals surface area contributed by atoms with Crippen molar-refractivity contribution in [3.8, 4) is 5.75 Å². The van der Waals surface area contributed by atoms with Crippen LogP contribution in [0.4, 0.5) is 0 Å². The molecule has 1 fully saturated rings. The van der Waals surface area contributed by atoms with Crippen LogP contribution in [0.1, 0.15) is 50.8 Å². The zero-order valence-corrected chi connectivity index (χ0v) is 17.6. The van der Waals surface area contributed by atoms with Gasteiger partial charge in [-0.3, -0.25) is 4.90 Å². The maximum Gasteiger partial charge on any atom is 0.119 e. The molecule has 150 valence electrons. The van der Waals surface area contributed by atoms with E-state index in [2.05, 4.69) is 62.9 Å². The molecule has 1 saturated heterocycles. The third kappa shape index (κ3) is 3.15. The van der Waals surface area contributed by atoms with Crippen molar-refractivity contribution in [2.45, 2.75) is 64.7 Å². The Morgan fingerprint density at radius 1 is 1.11 bits per heavy atom. The molecule has 1 aliphatic heterocycles. The highest BCUT2D eigenvalue weighted by molar-refractivity contribution is 5.48. The van der Waals surface area contributed by atoms with Gasteiger partial charge in [0.25, 0.3) is 0 Å². The summed E-state index contributed by atoms with van der Waals surface area (Å²) in [4.78, 5) is 2.60. The number of benzene rings is 2. The first-order valence-electron chi connectivity index (χ1n) is 10.5. The van der Waals surface area contributed by atoms with Crippen LogP contribution in [0, 0.1) is 5.41 Å². The normalized spacial score (nSPS) is 27.2. The number of rotatable bonds is 5. The summed E-state index contributed by atoms with van der Waals surface area (Å²) in [7, 11) is 0. The predicted molar refractivity (Wildman–Crippen MR) is 114 cm³/mol. The van der Waals surface area contributed by atoms with E-state index in [0.717, 1.165) is 31.5 Å². The molecule has 2 aromatic carbocycles. The number of ether oxygens (including phenoxy) is 1. The molecule has 0 saturated carbocycles. The van der Waals surface area contributed by atoms with Crippen LogP contribution < -0.4 is 0 Å². The highest BCUT2D eigenvalue weighted by Gasteiger charge is 2.56. The first-order chi connectivity index (χ1) is 13.3. The first-order valence-corrected chi connectivity index (χ1v) is 10.5. The highest BCUT2D eigenvalue weighted by atomic mass is 16.5. The summed E-state index contributed by atoms with van der Waals surface area (Å²) in [5, 5.41) is 10.5. The van der Waals surface area contributed by atoms with Gasteiger partial charge in [-0.05, 0) is 54.5 Å². The van der Waals surface area contributed by atoms with Gasteiger partial charge in [-0.1, -0.05) is 63.2 Å². The standard InChI is InChI=1S/C25H33NO2/c1-18(28-17-19-9-6-5-7-10-19)16-26-14-13-25(4)21-11-8-12-22(27)20(21)15-23(26)24(25,2)3/h5-12,18,23,27H,13-17H2,1-4H3/t18-,23?,25-/m0/s1. The minimum Gasteiger partial charge on any atom is -0.508 e. The molecular formula is C25H33NO2. The highest BCUT2D eigenvalue weighted by Crippen LogP contribution is 2.57. The molecule has 3 nitrogen and oxygen atoms in total. The van der Waals surface area contributed by atoms with E-state index >= 15 is 0 Å². The molecule has 0 amide bonds. The summed E-state index contributed by atoms with van der Waals surface area (Å²) in [5.41, 5.74) is 3.95. The van der Waals surface area contributed by atoms with Crippen molar-refractivity contribution in [3.05, 3.63) is 65.2 Å². The number of likely N-dealkylation sites (tertiary alicyclic amines) is 1. The Hall–Kier alpha value is -1.84. The fourth-order valence-corrected chi connectivity index (χ4v) is 5.45. The van der Waals surface area contributed by atoms with Crippen LogP contribution >= 0.6 is 0 Å². The number of aromatic hydroxyl groups is 1. The van der Waals surface area contributed by atoms with Crippen LogP contribution in [0.25, 0.3) is 0 Å². The van der Waals surface area contributed by atoms with E-state index in [0.29, 0.717) is 18.4 Å². The summed E-state index contributed by atoms with van der Waals surface area (Å²) in [6.07, 6.45) is 2.19. The number of phenolic OH excluding ortho intramolecular Hbond substituents is 1. The molecule has 0 aromatic heterocycles. The van der Waals surface area contributed by atoms with Crippen molar-refractivity contribution in [2.75, 3.05) is 13.1 Å². The van der Waals surface area contributed by atoms with Crippen LogP contribution in [0.2, 0.25) is 0 Å². The Morgan fingerprint density at radius 2 is 1.86 bits per heavy atom. The number of nitrogens with zero attached hydrogens (tertiary/aromatic N) is 1. The smallest absolute Gasteiger partial charge is 0.119 e. The lowest BCUT2D eigenvalue weighted by molar-refractivity contribution is -0.0651. The predicted octanol–water partition coefficient (Wildman–Crippen LogP) is 4.91. The maximum atomic E-state index is 10.5.